The summed E-state index contributed by atoms with van der Waals surface area (Å²) in [5.41, 5.74) is 0. The van der Waals surface area contributed by atoms with E-state index in [0.29, 0.717) is 0 Å². The Bertz CT molecular complexity index is 26.5. The van der Waals surface area contributed by atoms with Crippen molar-refractivity contribution in [3.63, 3.8) is 0 Å². The van der Waals surface area contributed by atoms with Crippen LogP contribution < -0.4 is 29.4 Å². The monoisotopic (exact) mass is 256 g/mol. The Balaban J connectivity index is -0.0000000720. The molecule has 0 aliphatic carbocycles. The maximum atomic E-state index is 8.48. The summed E-state index contributed by atoms with van der Waals surface area (Å²) in [5, 5.41) is 0. The topological polar surface area (TPSA) is 138 Å². The molecule has 58 valence electrons. The zero-order valence-corrected chi connectivity index (χ0v) is 7.55. The first-order valence-corrected chi connectivity index (χ1v) is 3.29. The van der Waals surface area contributed by atoms with Gasteiger partial charge in [0.25, 0.3) is 0 Å². The molecule has 0 atom stereocenters. The van der Waals surface area contributed by atoms with E-state index in [1.807, 2.05) is 0 Å². The smallest absolute Gasteiger partial charge is 0 e. The van der Waals surface area contributed by atoms with Crippen LogP contribution in [0, 0.1) is 0 Å². The zero-order chi connectivity index (χ0) is 7.15. The van der Waals surface area contributed by atoms with Crippen molar-refractivity contribution in [2.45, 2.75) is 0 Å². The average Bonchev–Trinajstić information content (AvgIpc) is 1.25. The van der Waals surface area contributed by atoms with Gasteiger partial charge < -0.3 is 46.6 Å². The molecule has 0 aliphatic heterocycles. The van der Waals surface area contributed by atoms with Gasteiger partial charge in [0, 0.05) is 21.1 Å². The summed E-state index contributed by atoms with van der Waals surface area (Å²) in [5.74, 6) is 0. The molecule has 0 fully saturated rings. The van der Waals surface area contributed by atoms with E-state index >= 15 is 0 Å². The predicted octanol–water partition coefficient (Wildman–Crippen LogP) is -5.41. The molecule has 0 spiro atoms. The van der Waals surface area contributed by atoms with Gasteiger partial charge in [-0.05, 0) is 0 Å². The first kappa shape index (κ1) is 16.7. The van der Waals surface area contributed by atoms with Crippen LogP contribution in [0.4, 0.5) is 0 Å². The summed E-state index contributed by atoms with van der Waals surface area (Å²) >= 11 is 0. The summed E-state index contributed by atoms with van der Waals surface area (Å²) in [6, 6.07) is 0. The van der Waals surface area contributed by atoms with Gasteiger partial charge in [-0.15, -0.1) is 0 Å². The molecule has 0 aliphatic rings. The van der Waals surface area contributed by atoms with Gasteiger partial charge in [-0.1, -0.05) is 0 Å². The first-order valence-electron chi connectivity index (χ1n) is 1.10. The summed E-state index contributed by atoms with van der Waals surface area (Å²) in [6.07, 6.45) is 0. The van der Waals surface area contributed by atoms with Crippen molar-refractivity contribution in [1.82, 2.24) is 0 Å². The fraction of sp³-hybridized carbons (Fsp3) is 0. The van der Waals surface area contributed by atoms with Crippen molar-refractivity contribution >= 4 is 17.2 Å². The molecule has 0 aromatic heterocycles. The molecule has 0 N–H and O–H groups in total. The second kappa shape index (κ2) is 12.0. The van der Waals surface area contributed by atoms with Gasteiger partial charge in [-0.2, -0.15) is 0 Å². The third-order valence-electron chi connectivity index (χ3n) is 0. The largest absolute Gasteiger partial charge is 0.854 e. The average molecular weight is 254 g/mol. The minimum absolute atomic E-state index is 0. The van der Waals surface area contributed by atoms with E-state index in [0.717, 1.165) is 0 Å². The Kier molecular flexibility index (Phi) is 22.4. The molecular formula is MoO6P2-6. The molecule has 9 heavy (non-hydrogen) atoms. The Morgan fingerprint density at radius 3 is 0.556 bits per heavy atom. The summed E-state index contributed by atoms with van der Waals surface area (Å²) in [6.45, 7) is 0. The third-order valence-corrected chi connectivity index (χ3v) is 0. The molecule has 9 heteroatoms. The van der Waals surface area contributed by atoms with Gasteiger partial charge in [0.05, 0.1) is 0 Å². The quantitative estimate of drug-likeness (QED) is 0.312. The predicted molar refractivity (Wildman–Crippen MR) is 13.8 cm³/mol. The molecule has 0 radical (unpaired) electrons. The van der Waals surface area contributed by atoms with Gasteiger partial charge in [0.15, 0.2) is 0 Å². The Morgan fingerprint density at radius 1 is 0.556 bits per heavy atom. The first-order chi connectivity index (χ1) is 3.46. The molecule has 0 saturated carbocycles. The van der Waals surface area contributed by atoms with Crippen molar-refractivity contribution in [2.24, 2.45) is 0 Å². The van der Waals surface area contributed by atoms with Crippen molar-refractivity contribution in [3.8, 4) is 0 Å². The minimum atomic E-state index is -3.37. The number of rotatable bonds is 0. The second-order valence-electron chi connectivity index (χ2n) is 0.447. The SMILES string of the molecule is [Mo].[O-]P([O-])[O-].[O-]P([O-])[O-]. The van der Waals surface area contributed by atoms with Gasteiger partial charge >= 0.3 is 0 Å². The van der Waals surface area contributed by atoms with E-state index in [9.17, 15) is 0 Å². The van der Waals surface area contributed by atoms with E-state index in [-0.39, 0.29) is 21.1 Å². The number of hydrogen-bond donors (Lipinski definition) is 0. The van der Waals surface area contributed by atoms with Crippen LogP contribution in [-0.2, 0) is 21.1 Å². The summed E-state index contributed by atoms with van der Waals surface area (Å²) < 4.78 is 0. The minimum Gasteiger partial charge on any atom is -0.854 e. The fourth-order valence-electron chi connectivity index (χ4n) is 0. The zero-order valence-electron chi connectivity index (χ0n) is 3.75. The van der Waals surface area contributed by atoms with E-state index in [1.54, 1.807) is 0 Å². The Hall–Kier alpha value is 1.31. The molecule has 0 aromatic rings. The summed E-state index contributed by atoms with van der Waals surface area (Å²) in [7, 11) is -6.74. The van der Waals surface area contributed by atoms with Crippen molar-refractivity contribution in [3.05, 3.63) is 0 Å². The van der Waals surface area contributed by atoms with Crippen molar-refractivity contribution < 1.29 is 50.4 Å². The van der Waals surface area contributed by atoms with E-state index in [2.05, 4.69) is 0 Å². The fourth-order valence-corrected chi connectivity index (χ4v) is 0. The van der Waals surface area contributed by atoms with E-state index in [4.69, 9.17) is 29.4 Å². The normalized spacial score (nSPS) is 8.00. The third kappa shape index (κ3) is 290. The van der Waals surface area contributed by atoms with Crippen molar-refractivity contribution in [1.29, 1.82) is 0 Å². The Morgan fingerprint density at radius 2 is 0.556 bits per heavy atom. The van der Waals surface area contributed by atoms with Gasteiger partial charge in [-0.25, -0.2) is 0 Å². The molecule has 0 unspecified atom stereocenters. The number of hydrogen-bond acceptors (Lipinski definition) is 6. The van der Waals surface area contributed by atoms with Crippen molar-refractivity contribution in [2.75, 3.05) is 0 Å². The van der Waals surface area contributed by atoms with Gasteiger partial charge in [0.1, 0.15) is 0 Å². The van der Waals surface area contributed by atoms with Crippen LogP contribution in [0.2, 0.25) is 0 Å². The van der Waals surface area contributed by atoms with E-state index < -0.39 is 17.2 Å². The molecule has 0 bridgehead atoms. The van der Waals surface area contributed by atoms with Crippen LogP contribution in [-0.4, -0.2) is 0 Å². The van der Waals surface area contributed by atoms with Gasteiger partial charge in [0.2, 0.25) is 0 Å². The molecule has 0 amide bonds. The maximum Gasteiger partial charge on any atom is 0 e. The Labute approximate surface area is 68.1 Å². The van der Waals surface area contributed by atoms with Crippen LogP contribution in [0.5, 0.6) is 0 Å². The molecule has 0 rings (SSSR count). The molecule has 6 nitrogen and oxygen atoms in total. The van der Waals surface area contributed by atoms with Crippen LogP contribution in [0.3, 0.4) is 0 Å². The van der Waals surface area contributed by atoms with Crippen LogP contribution >= 0.6 is 17.2 Å². The molecule has 0 saturated heterocycles. The maximum absolute atomic E-state index is 8.48. The molecule has 0 heterocycles. The van der Waals surface area contributed by atoms with Crippen LogP contribution in [0.25, 0.3) is 0 Å². The van der Waals surface area contributed by atoms with Crippen LogP contribution in [0.15, 0.2) is 0 Å². The molecule has 0 aromatic carbocycles. The van der Waals surface area contributed by atoms with Crippen LogP contribution in [0.1, 0.15) is 0 Å². The van der Waals surface area contributed by atoms with E-state index in [1.165, 1.54) is 0 Å². The standard InChI is InChI=1S/Mo.2O3P/c;2*1-4(2)3/q;2*-3. The second-order valence-corrected chi connectivity index (χ2v) is 1.34. The molecular weight excluding hydrogens is 254 g/mol. The summed E-state index contributed by atoms with van der Waals surface area (Å²) in [4.78, 5) is 50.9. The van der Waals surface area contributed by atoms with Gasteiger partial charge in [-0.3, -0.25) is 0 Å².